The largest absolute Gasteiger partial charge is 0.496 e. The highest BCUT2D eigenvalue weighted by molar-refractivity contribution is 7.18. The third-order valence-electron chi connectivity index (χ3n) is 3.32. The van der Waals surface area contributed by atoms with E-state index in [1.165, 1.54) is 25.6 Å². The van der Waals surface area contributed by atoms with Crippen LogP contribution in [0.4, 0.5) is 5.13 Å². The van der Waals surface area contributed by atoms with E-state index in [1.54, 1.807) is 18.2 Å². The Morgan fingerprint density at radius 1 is 0.958 bits per heavy atom. The second-order valence-electron chi connectivity index (χ2n) is 4.77. The minimum absolute atomic E-state index is 0.318. The maximum atomic E-state index is 12.6. The molecular formula is C17H15N3O3S. The lowest BCUT2D eigenvalue weighted by Crippen LogP contribution is -2.14. The predicted octanol–water partition coefficient (Wildman–Crippen LogP) is 3.47. The van der Waals surface area contributed by atoms with Gasteiger partial charge in [0.05, 0.1) is 14.2 Å². The van der Waals surface area contributed by atoms with E-state index in [9.17, 15) is 4.79 Å². The standard InChI is InChI=1S/C17H15N3O3S/c1-22-12-9-6-10-13(23-2)14(12)15(21)18-17-20-19-16(24-17)11-7-4-3-5-8-11/h3-10H,1-2H3,(H,18,20,21). The molecule has 0 saturated heterocycles. The highest BCUT2D eigenvalue weighted by Crippen LogP contribution is 2.30. The van der Waals surface area contributed by atoms with Crippen LogP contribution in [0, 0.1) is 0 Å². The van der Waals surface area contributed by atoms with Crippen LogP contribution in [0.1, 0.15) is 10.4 Å². The number of amides is 1. The molecule has 0 radical (unpaired) electrons. The number of rotatable bonds is 5. The lowest BCUT2D eigenvalue weighted by molar-refractivity contribution is 0.102. The molecule has 1 amide bonds. The molecule has 0 aliphatic rings. The molecule has 122 valence electrons. The van der Waals surface area contributed by atoms with Crippen LogP contribution >= 0.6 is 11.3 Å². The Morgan fingerprint density at radius 3 is 2.25 bits per heavy atom. The molecular weight excluding hydrogens is 326 g/mol. The van der Waals surface area contributed by atoms with Crippen molar-refractivity contribution >= 4 is 22.4 Å². The molecule has 6 nitrogen and oxygen atoms in total. The molecule has 0 atom stereocenters. The Kier molecular flexibility index (Phi) is 4.72. The average Bonchev–Trinajstić information content (AvgIpc) is 3.10. The second-order valence-corrected chi connectivity index (χ2v) is 5.75. The molecule has 1 aromatic heterocycles. The van der Waals surface area contributed by atoms with E-state index in [4.69, 9.17) is 9.47 Å². The number of hydrogen-bond donors (Lipinski definition) is 1. The van der Waals surface area contributed by atoms with Crippen molar-refractivity contribution in [2.75, 3.05) is 19.5 Å². The monoisotopic (exact) mass is 341 g/mol. The van der Waals surface area contributed by atoms with Gasteiger partial charge >= 0.3 is 0 Å². The fraction of sp³-hybridized carbons (Fsp3) is 0.118. The van der Waals surface area contributed by atoms with Crippen LogP contribution in [0.2, 0.25) is 0 Å². The summed E-state index contributed by atoms with van der Waals surface area (Å²) in [6.07, 6.45) is 0. The molecule has 24 heavy (non-hydrogen) atoms. The number of ether oxygens (including phenoxy) is 2. The highest BCUT2D eigenvalue weighted by atomic mass is 32.1. The molecule has 0 aliphatic heterocycles. The van der Waals surface area contributed by atoms with Gasteiger partial charge in [0.15, 0.2) is 0 Å². The van der Waals surface area contributed by atoms with Gasteiger partial charge in [0.25, 0.3) is 5.91 Å². The van der Waals surface area contributed by atoms with Crippen molar-refractivity contribution in [2.24, 2.45) is 0 Å². The summed E-state index contributed by atoms with van der Waals surface area (Å²) >= 11 is 1.30. The second kappa shape index (κ2) is 7.10. The van der Waals surface area contributed by atoms with Crippen molar-refractivity contribution in [3.8, 4) is 22.1 Å². The molecule has 2 aromatic carbocycles. The molecule has 7 heteroatoms. The number of carbonyl (C=O) groups excluding carboxylic acids is 1. The summed E-state index contributed by atoms with van der Waals surface area (Å²) in [6, 6.07) is 14.8. The van der Waals surface area contributed by atoms with E-state index in [2.05, 4.69) is 15.5 Å². The zero-order chi connectivity index (χ0) is 16.9. The lowest BCUT2D eigenvalue weighted by Gasteiger charge is -2.11. The van der Waals surface area contributed by atoms with Crippen molar-refractivity contribution in [2.45, 2.75) is 0 Å². The summed E-state index contributed by atoms with van der Waals surface area (Å²) in [4.78, 5) is 12.6. The van der Waals surface area contributed by atoms with E-state index < -0.39 is 0 Å². The van der Waals surface area contributed by atoms with Crippen LogP contribution in [0.5, 0.6) is 11.5 Å². The molecule has 0 aliphatic carbocycles. The van der Waals surface area contributed by atoms with Crippen LogP contribution in [0.15, 0.2) is 48.5 Å². The number of hydrogen-bond acceptors (Lipinski definition) is 6. The normalized spacial score (nSPS) is 10.2. The molecule has 3 rings (SSSR count). The molecule has 0 unspecified atom stereocenters. The fourth-order valence-electron chi connectivity index (χ4n) is 2.21. The first-order chi connectivity index (χ1) is 11.7. The summed E-state index contributed by atoms with van der Waals surface area (Å²) in [5.41, 5.74) is 1.27. The van der Waals surface area contributed by atoms with Gasteiger partial charge in [0.1, 0.15) is 22.1 Å². The van der Waals surface area contributed by atoms with Gasteiger partial charge in [-0.3, -0.25) is 10.1 Å². The summed E-state index contributed by atoms with van der Waals surface area (Å²) in [5, 5.41) is 12.0. The zero-order valence-corrected chi connectivity index (χ0v) is 14.0. The maximum Gasteiger partial charge on any atom is 0.265 e. The van der Waals surface area contributed by atoms with Crippen molar-refractivity contribution in [1.29, 1.82) is 0 Å². The van der Waals surface area contributed by atoms with E-state index in [-0.39, 0.29) is 5.91 Å². The van der Waals surface area contributed by atoms with Gasteiger partial charge in [0.2, 0.25) is 5.13 Å². The van der Waals surface area contributed by atoms with E-state index in [0.29, 0.717) is 22.2 Å². The molecule has 0 fully saturated rings. The van der Waals surface area contributed by atoms with Crippen LogP contribution in [0.25, 0.3) is 10.6 Å². The molecule has 3 aromatic rings. The van der Waals surface area contributed by atoms with Crippen molar-refractivity contribution in [3.05, 3.63) is 54.1 Å². The minimum Gasteiger partial charge on any atom is -0.496 e. The van der Waals surface area contributed by atoms with Gasteiger partial charge in [-0.25, -0.2) is 0 Å². The van der Waals surface area contributed by atoms with Gasteiger partial charge < -0.3 is 9.47 Å². The Hall–Kier alpha value is -2.93. The number of methoxy groups -OCH3 is 2. The smallest absolute Gasteiger partial charge is 0.265 e. The summed E-state index contributed by atoms with van der Waals surface area (Å²) in [6.45, 7) is 0. The number of anilines is 1. The van der Waals surface area contributed by atoms with Crippen molar-refractivity contribution < 1.29 is 14.3 Å². The molecule has 0 spiro atoms. The van der Waals surface area contributed by atoms with Gasteiger partial charge in [-0.05, 0) is 12.1 Å². The summed E-state index contributed by atoms with van der Waals surface area (Å²) in [5.74, 6) is 0.499. The number of nitrogens with one attached hydrogen (secondary N) is 1. The number of nitrogens with zero attached hydrogens (tertiary/aromatic N) is 2. The maximum absolute atomic E-state index is 12.6. The summed E-state index contributed by atoms with van der Waals surface area (Å²) < 4.78 is 10.5. The highest BCUT2D eigenvalue weighted by Gasteiger charge is 2.19. The van der Waals surface area contributed by atoms with Crippen LogP contribution in [0.3, 0.4) is 0 Å². The van der Waals surface area contributed by atoms with E-state index >= 15 is 0 Å². The fourth-order valence-corrected chi connectivity index (χ4v) is 2.95. The number of benzene rings is 2. The molecule has 0 saturated carbocycles. The van der Waals surface area contributed by atoms with E-state index in [1.807, 2.05) is 30.3 Å². The Bertz CT molecular complexity index is 827. The Labute approximate surface area is 143 Å². The van der Waals surface area contributed by atoms with Crippen LogP contribution in [-0.4, -0.2) is 30.3 Å². The third-order valence-corrected chi connectivity index (χ3v) is 4.21. The first-order valence-corrected chi connectivity index (χ1v) is 7.96. The van der Waals surface area contributed by atoms with Crippen LogP contribution < -0.4 is 14.8 Å². The Morgan fingerprint density at radius 2 is 1.62 bits per heavy atom. The van der Waals surface area contributed by atoms with Gasteiger partial charge in [-0.2, -0.15) is 0 Å². The van der Waals surface area contributed by atoms with Crippen molar-refractivity contribution in [1.82, 2.24) is 10.2 Å². The van der Waals surface area contributed by atoms with Gasteiger partial charge in [-0.15, -0.1) is 10.2 Å². The first-order valence-electron chi connectivity index (χ1n) is 7.14. The zero-order valence-electron chi connectivity index (χ0n) is 13.1. The SMILES string of the molecule is COc1cccc(OC)c1C(=O)Nc1nnc(-c2ccccc2)s1. The first kappa shape index (κ1) is 15.9. The Balaban J connectivity index is 1.85. The van der Waals surface area contributed by atoms with Crippen LogP contribution in [-0.2, 0) is 0 Å². The van der Waals surface area contributed by atoms with Gasteiger partial charge in [-0.1, -0.05) is 47.7 Å². The lowest BCUT2D eigenvalue weighted by atomic mass is 10.1. The predicted molar refractivity (Wildman–Crippen MR) is 92.8 cm³/mol. The molecule has 1 heterocycles. The van der Waals surface area contributed by atoms with Crippen molar-refractivity contribution in [3.63, 3.8) is 0 Å². The topological polar surface area (TPSA) is 73.3 Å². The average molecular weight is 341 g/mol. The summed E-state index contributed by atoms with van der Waals surface area (Å²) in [7, 11) is 3.01. The molecule has 1 N–H and O–H groups in total. The third kappa shape index (κ3) is 3.21. The van der Waals surface area contributed by atoms with Gasteiger partial charge in [0, 0.05) is 5.56 Å². The quantitative estimate of drug-likeness (QED) is 0.769. The number of aromatic nitrogens is 2. The molecule has 0 bridgehead atoms. The minimum atomic E-state index is -0.361. The number of carbonyl (C=O) groups is 1. The van der Waals surface area contributed by atoms with E-state index in [0.717, 1.165) is 10.6 Å².